The van der Waals surface area contributed by atoms with E-state index in [0.717, 1.165) is 24.8 Å². The van der Waals surface area contributed by atoms with E-state index in [4.69, 9.17) is 44.1 Å². The molecule has 2 atom stereocenters. The zero-order chi connectivity index (χ0) is 21.8. The van der Waals surface area contributed by atoms with E-state index in [1.54, 1.807) is 0 Å². The smallest absolute Gasteiger partial charge is 0.475 e. The maximum absolute atomic E-state index is 10.6. The summed E-state index contributed by atoms with van der Waals surface area (Å²) in [6, 6.07) is 13.9. The van der Waals surface area contributed by atoms with Gasteiger partial charge in [0.1, 0.15) is 0 Å². The number of nitriles is 1. The summed E-state index contributed by atoms with van der Waals surface area (Å²) in [6.07, 6.45) is -2.34. The van der Waals surface area contributed by atoms with Crippen molar-refractivity contribution < 1.29 is 23.1 Å². The standard InChI is InChI=1S/C18H16Cl2N2.C2HF3O2/c19-16-5-2-11(9-17(16)20)7-15-14-8-12(10-21)1-3-13(14)4-6-18(15)22;3-2(4,5)1(6)7/h1-3,5,8-9,15,18H,4,6-7,22H2;(H,6,7). The summed E-state index contributed by atoms with van der Waals surface area (Å²) < 4.78 is 31.7. The number of carboxylic acids is 1. The number of nitrogens with zero attached hydrogens (tertiary/aromatic N) is 1. The van der Waals surface area contributed by atoms with Crippen molar-refractivity contribution >= 4 is 29.2 Å². The van der Waals surface area contributed by atoms with Crippen molar-refractivity contribution in [1.82, 2.24) is 0 Å². The Kier molecular flexibility index (Phi) is 7.53. The summed E-state index contributed by atoms with van der Waals surface area (Å²) in [5, 5.41) is 17.4. The number of rotatable bonds is 2. The first kappa shape index (κ1) is 23.0. The number of aryl methyl sites for hydroxylation is 1. The van der Waals surface area contributed by atoms with Crippen LogP contribution < -0.4 is 5.73 Å². The molecular weight excluding hydrogens is 428 g/mol. The first-order valence-electron chi connectivity index (χ1n) is 8.55. The van der Waals surface area contributed by atoms with Crippen molar-refractivity contribution in [3.05, 3.63) is 68.7 Å². The molecule has 0 saturated heterocycles. The quantitative estimate of drug-likeness (QED) is 0.674. The van der Waals surface area contributed by atoms with E-state index in [-0.39, 0.29) is 12.0 Å². The number of hydrogen-bond donors (Lipinski definition) is 2. The highest BCUT2D eigenvalue weighted by atomic mass is 35.5. The molecule has 0 amide bonds. The second-order valence-corrected chi connectivity index (χ2v) is 7.40. The van der Waals surface area contributed by atoms with Gasteiger partial charge in [-0.2, -0.15) is 18.4 Å². The predicted molar refractivity (Wildman–Crippen MR) is 104 cm³/mol. The monoisotopic (exact) mass is 444 g/mol. The van der Waals surface area contributed by atoms with Gasteiger partial charge in [0.05, 0.1) is 21.7 Å². The van der Waals surface area contributed by atoms with Gasteiger partial charge in [0.2, 0.25) is 0 Å². The molecule has 3 rings (SSSR count). The van der Waals surface area contributed by atoms with Gasteiger partial charge in [-0.25, -0.2) is 4.79 Å². The van der Waals surface area contributed by atoms with Gasteiger partial charge in [-0.3, -0.25) is 0 Å². The summed E-state index contributed by atoms with van der Waals surface area (Å²) in [4.78, 5) is 8.90. The first-order chi connectivity index (χ1) is 13.5. The van der Waals surface area contributed by atoms with Crippen LogP contribution >= 0.6 is 23.2 Å². The van der Waals surface area contributed by atoms with Crippen LogP contribution in [-0.2, 0) is 17.6 Å². The molecule has 154 valence electrons. The van der Waals surface area contributed by atoms with Crippen molar-refractivity contribution in [2.75, 3.05) is 0 Å². The van der Waals surface area contributed by atoms with E-state index >= 15 is 0 Å². The van der Waals surface area contributed by atoms with Crippen molar-refractivity contribution in [3.8, 4) is 6.07 Å². The molecule has 1 aliphatic rings. The van der Waals surface area contributed by atoms with Crippen LogP contribution in [-0.4, -0.2) is 23.3 Å². The minimum absolute atomic E-state index is 0.0934. The molecule has 0 spiro atoms. The molecule has 9 heteroatoms. The molecule has 4 nitrogen and oxygen atoms in total. The molecule has 29 heavy (non-hydrogen) atoms. The third-order valence-electron chi connectivity index (χ3n) is 4.62. The van der Waals surface area contributed by atoms with E-state index in [0.29, 0.717) is 15.6 Å². The molecule has 0 aliphatic heterocycles. The topological polar surface area (TPSA) is 87.1 Å². The lowest BCUT2D eigenvalue weighted by Crippen LogP contribution is -2.34. The molecular formula is C20H17Cl2F3N2O2. The van der Waals surface area contributed by atoms with Crippen LogP contribution in [0, 0.1) is 11.3 Å². The highest BCUT2D eigenvalue weighted by Crippen LogP contribution is 2.35. The van der Waals surface area contributed by atoms with Crippen molar-refractivity contribution in [2.45, 2.75) is 37.4 Å². The lowest BCUT2D eigenvalue weighted by Gasteiger charge is -2.31. The van der Waals surface area contributed by atoms with E-state index in [9.17, 15) is 13.2 Å². The molecule has 2 unspecified atom stereocenters. The zero-order valence-electron chi connectivity index (χ0n) is 15.0. The lowest BCUT2D eigenvalue weighted by atomic mass is 9.76. The largest absolute Gasteiger partial charge is 0.490 e. The maximum Gasteiger partial charge on any atom is 0.490 e. The SMILES string of the molecule is N#Cc1ccc2c(c1)C(Cc1ccc(Cl)c(Cl)c1)C(N)CC2.O=C(O)C(F)(F)F. The molecule has 2 aromatic rings. The molecule has 0 aromatic heterocycles. The Hall–Kier alpha value is -2.27. The predicted octanol–water partition coefficient (Wildman–Crippen LogP) is 5.10. The Balaban J connectivity index is 0.000000370. The van der Waals surface area contributed by atoms with Gasteiger partial charge in [-0.1, -0.05) is 35.3 Å². The van der Waals surface area contributed by atoms with Gasteiger partial charge in [0.15, 0.2) is 0 Å². The van der Waals surface area contributed by atoms with Crippen LogP contribution in [0.3, 0.4) is 0 Å². The zero-order valence-corrected chi connectivity index (χ0v) is 16.5. The summed E-state index contributed by atoms with van der Waals surface area (Å²) in [5.41, 5.74) is 10.7. The first-order valence-corrected chi connectivity index (χ1v) is 9.31. The number of carbonyl (C=O) groups is 1. The van der Waals surface area contributed by atoms with Crippen molar-refractivity contribution in [2.24, 2.45) is 5.73 Å². The van der Waals surface area contributed by atoms with E-state index < -0.39 is 12.1 Å². The lowest BCUT2D eigenvalue weighted by molar-refractivity contribution is -0.192. The number of hydrogen-bond acceptors (Lipinski definition) is 3. The fourth-order valence-corrected chi connectivity index (χ4v) is 3.49. The van der Waals surface area contributed by atoms with Gasteiger partial charge in [-0.05, 0) is 60.2 Å². The second-order valence-electron chi connectivity index (χ2n) is 6.59. The van der Waals surface area contributed by atoms with Crippen molar-refractivity contribution in [3.63, 3.8) is 0 Å². The average molecular weight is 445 g/mol. The van der Waals surface area contributed by atoms with Gasteiger partial charge in [0, 0.05) is 12.0 Å². The highest BCUT2D eigenvalue weighted by Gasteiger charge is 2.38. The Morgan fingerprint density at radius 2 is 1.86 bits per heavy atom. The van der Waals surface area contributed by atoms with E-state index in [2.05, 4.69) is 12.1 Å². The number of nitrogens with two attached hydrogens (primary N) is 1. The average Bonchev–Trinajstić information content (AvgIpc) is 2.66. The van der Waals surface area contributed by atoms with Gasteiger partial charge < -0.3 is 10.8 Å². The van der Waals surface area contributed by atoms with Crippen LogP contribution in [0.2, 0.25) is 10.0 Å². The Morgan fingerprint density at radius 1 is 1.21 bits per heavy atom. The molecule has 0 fully saturated rings. The maximum atomic E-state index is 10.6. The van der Waals surface area contributed by atoms with Gasteiger partial charge >= 0.3 is 12.1 Å². The number of alkyl halides is 3. The minimum Gasteiger partial charge on any atom is -0.475 e. The normalized spacial score (nSPS) is 18.1. The third kappa shape index (κ3) is 6.10. The summed E-state index contributed by atoms with van der Waals surface area (Å²) in [7, 11) is 0. The Bertz CT molecular complexity index is 942. The molecule has 0 radical (unpaired) electrons. The molecule has 0 saturated carbocycles. The molecule has 2 aromatic carbocycles. The summed E-state index contributed by atoms with van der Waals surface area (Å²) >= 11 is 12.1. The van der Waals surface area contributed by atoms with Crippen LogP contribution in [0.15, 0.2) is 36.4 Å². The molecule has 0 bridgehead atoms. The second kappa shape index (κ2) is 9.49. The van der Waals surface area contributed by atoms with E-state index in [1.165, 1.54) is 11.1 Å². The van der Waals surface area contributed by atoms with Crippen molar-refractivity contribution in [1.29, 1.82) is 5.26 Å². The van der Waals surface area contributed by atoms with Crippen LogP contribution in [0.1, 0.15) is 34.6 Å². The summed E-state index contributed by atoms with van der Waals surface area (Å²) in [6.45, 7) is 0. The van der Waals surface area contributed by atoms with Crippen LogP contribution in [0.25, 0.3) is 0 Å². The summed E-state index contributed by atoms with van der Waals surface area (Å²) in [5.74, 6) is -2.55. The van der Waals surface area contributed by atoms with E-state index in [1.807, 2.05) is 30.3 Å². The number of carboxylic acid groups (broad SMARTS) is 1. The number of halogens is 5. The van der Waals surface area contributed by atoms with Crippen LogP contribution in [0.4, 0.5) is 13.2 Å². The Morgan fingerprint density at radius 3 is 2.41 bits per heavy atom. The highest BCUT2D eigenvalue weighted by molar-refractivity contribution is 6.42. The number of fused-ring (bicyclic) bond motifs is 1. The fraction of sp³-hybridized carbons (Fsp3) is 0.300. The number of aliphatic carboxylic acids is 1. The molecule has 1 aliphatic carbocycles. The molecule has 3 N–H and O–H groups in total. The Labute approximate surface area is 175 Å². The van der Waals surface area contributed by atoms with Crippen LogP contribution in [0.5, 0.6) is 0 Å². The third-order valence-corrected chi connectivity index (χ3v) is 5.36. The van der Waals surface area contributed by atoms with Gasteiger partial charge in [-0.15, -0.1) is 0 Å². The fourth-order valence-electron chi connectivity index (χ4n) is 3.17. The number of benzene rings is 2. The molecule has 0 heterocycles. The van der Waals surface area contributed by atoms with Gasteiger partial charge in [0.25, 0.3) is 0 Å². The minimum atomic E-state index is -5.08.